The molecule has 0 spiro atoms. The predicted octanol–water partition coefficient (Wildman–Crippen LogP) is 3.53. The van der Waals surface area contributed by atoms with Gasteiger partial charge in [0.25, 0.3) is 0 Å². The summed E-state index contributed by atoms with van der Waals surface area (Å²) in [5.74, 6) is 6.31. The highest BCUT2D eigenvalue weighted by Crippen LogP contribution is 2.20. The second-order valence-corrected chi connectivity index (χ2v) is 8.17. The van der Waals surface area contributed by atoms with Gasteiger partial charge in [0.2, 0.25) is 0 Å². The number of benzene rings is 1. The molecule has 1 unspecified atom stereocenters. The Hall–Kier alpha value is -3.83. The third kappa shape index (κ3) is 5.16. The fourth-order valence-corrected chi connectivity index (χ4v) is 3.91. The van der Waals surface area contributed by atoms with Crippen LogP contribution in [0.5, 0.6) is 0 Å². The van der Waals surface area contributed by atoms with Gasteiger partial charge < -0.3 is 4.74 Å². The van der Waals surface area contributed by atoms with Gasteiger partial charge in [-0.25, -0.2) is 9.36 Å². The Kier molecular flexibility index (Phi) is 6.22. The van der Waals surface area contributed by atoms with Gasteiger partial charge >= 0.3 is 0 Å². The summed E-state index contributed by atoms with van der Waals surface area (Å²) >= 11 is 0. The smallest absolute Gasteiger partial charge is 0.131 e. The van der Waals surface area contributed by atoms with E-state index in [0.29, 0.717) is 6.54 Å². The Labute approximate surface area is 192 Å². The molecular weight excluding hydrogens is 414 g/mol. The first-order valence-electron chi connectivity index (χ1n) is 11.2. The van der Waals surface area contributed by atoms with E-state index in [0.717, 1.165) is 59.8 Å². The van der Waals surface area contributed by atoms with E-state index in [-0.39, 0.29) is 6.10 Å². The highest BCUT2D eigenvalue weighted by atomic mass is 16.5. The molecule has 1 fully saturated rings. The van der Waals surface area contributed by atoms with Gasteiger partial charge in [0.15, 0.2) is 0 Å². The Morgan fingerprint density at radius 2 is 1.85 bits per heavy atom. The van der Waals surface area contributed by atoms with Crippen molar-refractivity contribution in [2.75, 3.05) is 6.61 Å². The lowest BCUT2D eigenvalue weighted by atomic mass is 10.1. The molecule has 5 rings (SSSR count). The van der Waals surface area contributed by atoms with Crippen molar-refractivity contribution < 1.29 is 4.74 Å². The molecule has 3 aromatic heterocycles. The van der Waals surface area contributed by atoms with E-state index in [4.69, 9.17) is 4.74 Å². The highest BCUT2D eigenvalue weighted by Gasteiger charge is 2.16. The van der Waals surface area contributed by atoms with Gasteiger partial charge in [-0.1, -0.05) is 52.6 Å². The molecule has 0 N–H and O–H groups in total. The first-order chi connectivity index (χ1) is 16.2. The molecular formula is C25H25N7O. The molecule has 4 heterocycles. The standard InChI is InChI=1S/C25H25N7O/c1-19-14-20(8-7-12-31-17-23(27-29-31)21-9-3-2-4-10-21)15-26-25(19)24-18-32(30-28-24)16-22-11-5-6-13-33-22/h2-4,9-10,14-15,17-18,22H,5-6,11-13,16H2,1H3. The normalized spacial score (nSPS) is 15.7. The molecule has 4 aromatic rings. The largest absolute Gasteiger partial charge is 0.376 e. The molecule has 0 bridgehead atoms. The lowest BCUT2D eigenvalue weighted by Crippen LogP contribution is -2.24. The van der Waals surface area contributed by atoms with Crippen molar-refractivity contribution in [3.8, 4) is 34.5 Å². The number of aryl methyl sites for hydroxylation is 1. The number of aromatic nitrogens is 7. The Balaban J connectivity index is 1.23. The molecule has 1 aromatic carbocycles. The maximum atomic E-state index is 5.80. The van der Waals surface area contributed by atoms with Gasteiger partial charge in [-0.2, -0.15) is 0 Å². The van der Waals surface area contributed by atoms with E-state index in [9.17, 15) is 0 Å². The number of rotatable bonds is 5. The van der Waals surface area contributed by atoms with Gasteiger partial charge in [-0.15, -0.1) is 10.2 Å². The van der Waals surface area contributed by atoms with Crippen LogP contribution in [0.4, 0.5) is 0 Å². The average molecular weight is 440 g/mol. The van der Waals surface area contributed by atoms with Gasteiger partial charge in [0.05, 0.1) is 30.7 Å². The van der Waals surface area contributed by atoms with E-state index in [2.05, 4.69) is 37.4 Å². The van der Waals surface area contributed by atoms with E-state index in [1.54, 1.807) is 10.9 Å². The summed E-state index contributed by atoms with van der Waals surface area (Å²) in [5, 5.41) is 17.0. The molecule has 1 aliphatic rings. The van der Waals surface area contributed by atoms with Crippen molar-refractivity contribution in [3.63, 3.8) is 0 Å². The summed E-state index contributed by atoms with van der Waals surface area (Å²) < 4.78 is 9.38. The summed E-state index contributed by atoms with van der Waals surface area (Å²) in [6, 6.07) is 12.0. The Morgan fingerprint density at radius 1 is 1.03 bits per heavy atom. The number of hydrogen-bond acceptors (Lipinski definition) is 6. The molecule has 8 heteroatoms. The first kappa shape index (κ1) is 21.0. The summed E-state index contributed by atoms with van der Waals surface area (Å²) in [7, 11) is 0. The van der Waals surface area contributed by atoms with Crippen LogP contribution in [0.3, 0.4) is 0 Å². The van der Waals surface area contributed by atoms with Crippen molar-refractivity contribution in [2.24, 2.45) is 0 Å². The van der Waals surface area contributed by atoms with Gasteiger partial charge in [-0.05, 0) is 37.8 Å². The van der Waals surface area contributed by atoms with Gasteiger partial charge in [-0.3, -0.25) is 4.98 Å². The van der Waals surface area contributed by atoms with Gasteiger partial charge in [0.1, 0.15) is 17.9 Å². The summed E-state index contributed by atoms with van der Waals surface area (Å²) in [6.45, 7) is 4.03. The average Bonchev–Trinajstić information content (AvgIpc) is 3.51. The fourth-order valence-electron chi connectivity index (χ4n) is 3.91. The molecule has 33 heavy (non-hydrogen) atoms. The van der Waals surface area contributed by atoms with Crippen LogP contribution in [0.15, 0.2) is 55.0 Å². The second kappa shape index (κ2) is 9.76. The van der Waals surface area contributed by atoms with E-state index < -0.39 is 0 Å². The number of hydrogen-bond donors (Lipinski definition) is 0. The zero-order valence-corrected chi connectivity index (χ0v) is 18.6. The Bertz CT molecular complexity index is 1280. The molecule has 1 saturated heterocycles. The molecule has 0 saturated carbocycles. The van der Waals surface area contributed by atoms with Crippen molar-refractivity contribution in [3.05, 3.63) is 66.1 Å². The Morgan fingerprint density at radius 3 is 2.67 bits per heavy atom. The van der Waals surface area contributed by atoms with Crippen LogP contribution in [0.1, 0.15) is 30.4 Å². The van der Waals surface area contributed by atoms with Crippen molar-refractivity contribution in [1.82, 2.24) is 35.0 Å². The van der Waals surface area contributed by atoms with Crippen LogP contribution in [0, 0.1) is 18.8 Å². The lowest BCUT2D eigenvalue weighted by molar-refractivity contribution is 0.00370. The SMILES string of the molecule is Cc1cc(C#CCn2cc(-c3ccccc3)nn2)cnc1-c1cn(CC2CCCCO2)nn1. The minimum Gasteiger partial charge on any atom is -0.376 e. The van der Waals surface area contributed by atoms with Crippen molar-refractivity contribution in [2.45, 2.75) is 45.4 Å². The zero-order chi connectivity index (χ0) is 22.5. The fraction of sp³-hybridized carbons (Fsp3) is 0.320. The lowest BCUT2D eigenvalue weighted by Gasteiger charge is -2.21. The summed E-state index contributed by atoms with van der Waals surface area (Å²) in [6.07, 6.45) is 9.25. The van der Waals surface area contributed by atoms with Crippen molar-refractivity contribution in [1.29, 1.82) is 0 Å². The predicted molar refractivity (Wildman–Crippen MR) is 124 cm³/mol. The third-order valence-corrected chi connectivity index (χ3v) is 5.61. The van der Waals surface area contributed by atoms with Crippen molar-refractivity contribution >= 4 is 0 Å². The minimum atomic E-state index is 0.216. The summed E-state index contributed by atoms with van der Waals surface area (Å²) in [5.41, 5.74) is 5.31. The maximum absolute atomic E-state index is 5.80. The molecule has 0 radical (unpaired) electrons. The highest BCUT2D eigenvalue weighted by molar-refractivity contribution is 5.59. The van der Waals surface area contributed by atoms with Crippen LogP contribution in [0.2, 0.25) is 0 Å². The molecule has 8 nitrogen and oxygen atoms in total. The summed E-state index contributed by atoms with van der Waals surface area (Å²) in [4.78, 5) is 4.59. The molecule has 1 aliphatic heterocycles. The van der Waals surface area contributed by atoms with Crippen LogP contribution in [0.25, 0.3) is 22.6 Å². The number of pyridine rings is 1. The molecule has 1 atom stereocenters. The maximum Gasteiger partial charge on any atom is 0.131 e. The minimum absolute atomic E-state index is 0.216. The second-order valence-electron chi connectivity index (χ2n) is 8.17. The van der Waals surface area contributed by atoms with Crippen LogP contribution >= 0.6 is 0 Å². The van der Waals surface area contributed by atoms with Crippen LogP contribution < -0.4 is 0 Å². The van der Waals surface area contributed by atoms with Crippen LogP contribution in [-0.4, -0.2) is 47.7 Å². The van der Waals surface area contributed by atoms with Crippen LogP contribution in [-0.2, 0) is 17.8 Å². The number of ether oxygens (including phenoxy) is 1. The molecule has 0 amide bonds. The monoisotopic (exact) mass is 439 g/mol. The number of nitrogens with zero attached hydrogens (tertiary/aromatic N) is 7. The first-order valence-corrected chi connectivity index (χ1v) is 11.2. The van der Waals surface area contributed by atoms with E-state index >= 15 is 0 Å². The van der Waals surface area contributed by atoms with Gasteiger partial charge in [0, 0.05) is 23.9 Å². The third-order valence-electron chi connectivity index (χ3n) is 5.61. The topological polar surface area (TPSA) is 83.5 Å². The van der Waals surface area contributed by atoms with E-state index in [1.165, 1.54) is 6.42 Å². The zero-order valence-electron chi connectivity index (χ0n) is 18.6. The molecule has 0 aliphatic carbocycles. The quantitative estimate of drug-likeness (QED) is 0.443. The molecule has 166 valence electrons. The van der Waals surface area contributed by atoms with E-state index in [1.807, 2.05) is 60.4 Å².